The number of halogens is 1. The number of rotatable bonds is 5. The zero-order valence-electron chi connectivity index (χ0n) is 12.0. The first-order valence-electron chi connectivity index (χ1n) is 7.77. The van der Waals surface area contributed by atoms with E-state index in [-0.39, 0.29) is 0 Å². The number of nitrogens with one attached hydrogen (secondary N) is 1. The number of hydrogen-bond acceptors (Lipinski definition) is 1. The van der Waals surface area contributed by atoms with Gasteiger partial charge in [-0.15, -0.1) is 0 Å². The highest BCUT2D eigenvalue weighted by Gasteiger charge is 2.23. The second kappa shape index (κ2) is 8.06. The molecule has 0 saturated heterocycles. The van der Waals surface area contributed by atoms with Crippen molar-refractivity contribution in [3.05, 3.63) is 34.3 Å². The Morgan fingerprint density at radius 3 is 2.32 bits per heavy atom. The number of hydrogen-bond donors (Lipinski definition) is 1. The molecular weight excluding hydrogens is 298 g/mol. The lowest BCUT2D eigenvalue weighted by Crippen LogP contribution is -2.26. The summed E-state index contributed by atoms with van der Waals surface area (Å²) in [7, 11) is 0. The van der Waals surface area contributed by atoms with Crippen LogP contribution in [0.2, 0.25) is 0 Å². The van der Waals surface area contributed by atoms with Gasteiger partial charge in [0.1, 0.15) is 0 Å². The Morgan fingerprint density at radius 1 is 1.11 bits per heavy atom. The van der Waals surface area contributed by atoms with E-state index in [0.29, 0.717) is 5.92 Å². The molecular formula is C17H26BrN. The first kappa shape index (κ1) is 15.1. The van der Waals surface area contributed by atoms with E-state index in [0.717, 1.165) is 19.0 Å². The molecule has 1 aromatic carbocycles. The normalized spacial score (nSPS) is 19.1. The van der Waals surface area contributed by atoms with E-state index in [1.807, 2.05) is 0 Å². The van der Waals surface area contributed by atoms with Crippen LogP contribution in [-0.4, -0.2) is 13.1 Å². The summed E-state index contributed by atoms with van der Waals surface area (Å²) in [6, 6.07) is 8.98. The maximum atomic E-state index is 3.57. The molecule has 0 aromatic heterocycles. The summed E-state index contributed by atoms with van der Waals surface area (Å²) in [5, 5.41) is 3.57. The zero-order valence-corrected chi connectivity index (χ0v) is 13.6. The Morgan fingerprint density at radius 2 is 1.74 bits per heavy atom. The van der Waals surface area contributed by atoms with E-state index in [2.05, 4.69) is 52.4 Å². The van der Waals surface area contributed by atoms with E-state index in [9.17, 15) is 0 Å². The molecule has 0 heterocycles. The summed E-state index contributed by atoms with van der Waals surface area (Å²) in [6.45, 7) is 4.40. The van der Waals surface area contributed by atoms with Crippen molar-refractivity contribution in [3.63, 3.8) is 0 Å². The molecule has 0 aliphatic heterocycles. The molecule has 1 aliphatic rings. The van der Waals surface area contributed by atoms with Crippen molar-refractivity contribution in [2.75, 3.05) is 13.1 Å². The second-order valence-corrected chi connectivity index (χ2v) is 6.63. The molecule has 0 radical (unpaired) electrons. The SMILES string of the molecule is CCNCC(c1ccc(Br)cc1)C1CCCCCC1. The van der Waals surface area contributed by atoms with Crippen molar-refractivity contribution in [1.29, 1.82) is 0 Å². The van der Waals surface area contributed by atoms with Gasteiger partial charge in [0.2, 0.25) is 0 Å². The van der Waals surface area contributed by atoms with Crippen LogP contribution in [0.15, 0.2) is 28.7 Å². The fourth-order valence-electron chi connectivity index (χ4n) is 3.28. The van der Waals surface area contributed by atoms with Crippen LogP contribution in [0.3, 0.4) is 0 Å². The monoisotopic (exact) mass is 323 g/mol. The van der Waals surface area contributed by atoms with Crippen LogP contribution in [0.25, 0.3) is 0 Å². The maximum absolute atomic E-state index is 3.57. The van der Waals surface area contributed by atoms with Gasteiger partial charge in [0.15, 0.2) is 0 Å². The van der Waals surface area contributed by atoms with Crippen LogP contribution >= 0.6 is 15.9 Å². The molecule has 2 heteroatoms. The molecule has 106 valence electrons. The number of benzene rings is 1. The Labute approximate surface area is 126 Å². The van der Waals surface area contributed by atoms with E-state index in [1.54, 1.807) is 0 Å². The standard InChI is InChI=1S/C17H26BrN/c1-2-19-13-17(14-7-5-3-4-6-8-14)15-9-11-16(18)12-10-15/h9-12,14,17,19H,2-8,13H2,1H3. The summed E-state index contributed by atoms with van der Waals surface area (Å²) < 4.78 is 1.18. The third kappa shape index (κ3) is 4.61. The largest absolute Gasteiger partial charge is 0.316 e. The van der Waals surface area contributed by atoms with E-state index in [1.165, 1.54) is 48.6 Å². The highest BCUT2D eigenvalue weighted by atomic mass is 79.9. The summed E-state index contributed by atoms with van der Waals surface area (Å²) in [5.74, 6) is 1.55. The molecule has 0 bridgehead atoms. The average molecular weight is 324 g/mol. The fourth-order valence-corrected chi connectivity index (χ4v) is 3.54. The lowest BCUT2D eigenvalue weighted by atomic mass is 9.81. The molecule has 19 heavy (non-hydrogen) atoms. The van der Waals surface area contributed by atoms with Crippen molar-refractivity contribution >= 4 is 15.9 Å². The zero-order chi connectivity index (χ0) is 13.5. The van der Waals surface area contributed by atoms with Crippen molar-refractivity contribution in [3.8, 4) is 0 Å². The Balaban J connectivity index is 2.11. The molecule has 1 aliphatic carbocycles. The van der Waals surface area contributed by atoms with Gasteiger partial charge in [-0.05, 0) is 48.9 Å². The van der Waals surface area contributed by atoms with Gasteiger partial charge in [-0.3, -0.25) is 0 Å². The molecule has 2 rings (SSSR count). The molecule has 0 spiro atoms. The van der Waals surface area contributed by atoms with Crippen LogP contribution in [0.5, 0.6) is 0 Å². The quantitative estimate of drug-likeness (QED) is 0.742. The minimum atomic E-state index is 0.686. The van der Waals surface area contributed by atoms with Gasteiger partial charge in [-0.25, -0.2) is 0 Å². The molecule has 0 amide bonds. The van der Waals surface area contributed by atoms with Crippen LogP contribution in [-0.2, 0) is 0 Å². The van der Waals surface area contributed by atoms with Crippen LogP contribution in [0, 0.1) is 5.92 Å². The molecule has 1 saturated carbocycles. The molecule has 1 fully saturated rings. The first-order chi connectivity index (χ1) is 9.31. The predicted molar refractivity (Wildman–Crippen MR) is 86.6 cm³/mol. The third-order valence-electron chi connectivity index (χ3n) is 4.38. The van der Waals surface area contributed by atoms with Crippen molar-refractivity contribution in [2.24, 2.45) is 5.92 Å². The Hall–Kier alpha value is -0.340. The van der Waals surface area contributed by atoms with E-state index < -0.39 is 0 Å². The van der Waals surface area contributed by atoms with Gasteiger partial charge in [-0.2, -0.15) is 0 Å². The maximum Gasteiger partial charge on any atom is 0.0175 e. The molecule has 1 nitrogen and oxygen atoms in total. The first-order valence-corrected chi connectivity index (χ1v) is 8.56. The van der Waals surface area contributed by atoms with Crippen molar-refractivity contribution in [2.45, 2.75) is 51.4 Å². The summed E-state index contributed by atoms with van der Waals surface area (Å²) in [6.07, 6.45) is 8.53. The highest BCUT2D eigenvalue weighted by molar-refractivity contribution is 9.10. The minimum absolute atomic E-state index is 0.686. The van der Waals surface area contributed by atoms with Crippen LogP contribution < -0.4 is 5.32 Å². The summed E-state index contributed by atoms with van der Waals surface area (Å²) in [4.78, 5) is 0. The van der Waals surface area contributed by atoms with Crippen molar-refractivity contribution < 1.29 is 0 Å². The van der Waals surface area contributed by atoms with E-state index in [4.69, 9.17) is 0 Å². The number of likely N-dealkylation sites (N-methyl/N-ethyl adjacent to an activating group) is 1. The lowest BCUT2D eigenvalue weighted by Gasteiger charge is -2.27. The minimum Gasteiger partial charge on any atom is -0.316 e. The van der Waals surface area contributed by atoms with Crippen molar-refractivity contribution in [1.82, 2.24) is 5.32 Å². The predicted octanol–water partition coefficient (Wildman–Crippen LogP) is 5.11. The lowest BCUT2D eigenvalue weighted by molar-refractivity contribution is 0.363. The fraction of sp³-hybridized carbons (Fsp3) is 0.647. The van der Waals surface area contributed by atoms with Gasteiger partial charge in [0, 0.05) is 11.0 Å². The van der Waals surface area contributed by atoms with Crippen LogP contribution in [0.4, 0.5) is 0 Å². The Kier molecular flexibility index (Phi) is 6.39. The van der Waals surface area contributed by atoms with Gasteiger partial charge >= 0.3 is 0 Å². The van der Waals surface area contributed by atoms with Crippen LogP contribution in [0.1, 0.15) is 56.9 Å². The van der Waals surface area contributed by atoms with Gasteiger partial charge in [-0.1, -0.05) is 60.7 Å². The third-order valence-corrected chi connectivity index (χ3v) is 4.91. The average Bonchev–Trinajstić information content (AvgIpc) is 2.70. The highest BCUT2D eigenvalue weighted by Crippen LogP contribution is 2.35. The summed E-state index contributed by atoms with van der Waals surface area (Å²) in [5.41, 5.74) is 1.51. The molecule has 1 unspecified atom stereocenters. The molecule has 1 N–H and O–H groups in total. The second-order valence-electron chi connectivity index (χ2n) is 5.72. The molecule has 1 aromatic rings. The van der Waals surface area contributed by atoms with E-state index >= 15 is 0 Å². The smallest absolute Gasteiger partial charge is 0.0175 e. The Bertz CT molecular complexity index is 352. The van der Waals surface area contributed by atoms with Gasteiger partial charge in [0.25, 0.3) is 0 Å². The van der Waals surface area contributed by atoms with Gasteiger partial charge in [0.05, 0.1) is 0 Å². The topological polar surface area (TPSA) is 12.0 Å². The van der Waals surface area contributed by atoms with Gasteiger partial charge < -0.3 is 5.32 Å². The summed E-state index contributed by atoms with van der Waals surface area (Å²) >= 11 is 3.54. The molecule has 1 atom stereocenters.